The average Bonchev–Trinajstić information content (AvgIpc) is 3.13. The molecule has 28 heavy (non-hydrogen) atoms. The molecule has 1 amide bonds. The molecule has 0 saturated carbocycles. The van der Waals surface area contributed by atoms with Crippen LogP contribution in [-0.2, 0) is 17.8 Å². The summed E-state index contributed by atoms with van der Waals surface area (Å²) in [5.41, 5.74) is 3.53. The summed E-state index contributed by atoms with van der Waals surface area (Å²) in [6.07, 6.45) is 1.90. The van der Waals surface area contributed by atoms with Crippen molar-refractivity contribution in [3.63, 3.8) is 0 Å². The van der Waals surface area contributed by atoms with E-state index in [0.717, 1.165) is 35.9 Å². The van der Waals surface area contributed by atoms with E-state index in [-0.39, 0.29) is 5.91 Å². The van der Waals surface area contributed by atoms with E-state index in [1.54, 1.807) is 0 Å². The third-order valence-electron chi connectivity index (χ3n) is 4.45. The fraction of sp³-hybridized carbons (Fsp3) is 0.318. The Labute approximate surface area is 170 Å². The van der Waals surface area contributed by atoms with Gasteiger partial charge in [0.25, 0.3) is 0 Å². The number of rotatable bonds is 9. The summed E-state index contributed by atoms with van der Waals surface area (Å²) in [7, 11) is 0. The first-order valence-corrected chi connectivity index (χ1v) is 10.6. The van der Waals surface area contributed by atoms with Crippen LogP contribution in [-0.4, -0.2) is 33.0 Å². The lowest BCUT2D eigenvalue weighted by Gasteiger charge is -2.08. The molecule has 0 bridgehead atoms. The molecule has 0 unspecified atom stereocenters. The van der Waals surface area contributed by atoms with E-state index in [1.165, 1.54) is 22.9 Å². The van der Waals surface area contributed by atoms with Gasteiger partial charge in [-0.3, -0.25) is 4.79 Å². The van der Waals surface area contributed by atoms with Crippen molar-refractivity contribution in [1.82, 2.24) is 20.1 Å². The summed E-state index contributed by atoms with van der Waals surface area (Å²) in [6, 6.07) is 18.5. The molecule has 5 nitrogen and oxygen atoms in total. The number of carbonyl (C=O) groups is 1. The summed E-state index contributed by atoms with van der Waals surface area (Å²) in [5, 5.41) is 12.4. The molecule has 0 aliphatic heterocycles. The second kappa shape index (κ2) is 10.1. The molecule has 1 heterocycles. The van der Waals surface area contributed by atoms with E-state index in [9.17, 15) is 4.79 Å². The molecule has 1 N–H and O–H groups in total. The van der Waals surface area contributed by atoms with Gasteiger partial charge in [-0.25, -0.2) is 0 Å². The Morgan fingerprint density at radius 3 is 2.68 bits per heavy atom. The van der Waals surface area contributed by atoms with Crippen LogP contribution in [0.15, 0.2) is 59.8 Å². The van der Waals surface area contributed by atoms with E-state index in [0.29, 0.717) is 12.3 Å². The van der Waals surface area contributed by atoms with E-state index in [4.69, 9.17) is 0 Å². The smallest absolute Gasteiger partial charge is 0.230 e. The number of amides is 1. The molecular formula is C22H26N4OS. The lowest BCUT2D eigenvalue weighted by molar-refractivity contribution is -0.118. The Morgan fingerprint density at radius 1 is 1.11 bits per heavy atom. The average molecular weight is 395 g/mol. The van der Waals surface area contributed by atoms with Gasteiger partial charge in [0, 0.05) is 18.7 Å². The minimum Gasteiger partial charge on any atom is -0.355 e. The highest BCUT2D eigenvalue weighted by Crippen LogP contribution is 2.24. The van der Waals surface area contributed by atoms with Crippen molar-refractivity contribution in [1.29, 1.82) is 0 Å². The van der Waals surface area contributed by atoms with Crippen LogP contribution in [0.3, 0.4) is 0 Å². The first-order valence-electron chi connectivity index (χ1n) is 9.61. The lowest BCUT2D eigenvalue weighted by Crippen LogP contribution is -2.26. The summed E-state index contributed by atoms with van der Waals surface area (Å²) in [4.78, 5) is 12.2. The Morgan fingerprint density at radius 2 is 1.93 bits per heavy atom. The summed E-state index contributed by atoms with van der Waals surface area (Å²) in [6.45, 7) is 5.57. The molecule has 0 radical (unpaired) electrons. The van der Waals surface area contributed by atoms with Gasteiger partial charge in [-0.05, 0) is 38.3 Å². The SMILES string of the molecule is CCn1c(SCC(=O)NCCCc2ccccc2)nnc1-c1cccc(C)c1. The molecule has 0 aliphatic rings. The molecule has 1 aromatic heterocycles. The van der Waals surface area contributed by atoms with Gasteiger partial charge < -0.3 is 9.88 Å². The van der Waals surface area contributed by atoms with Gasteiger partial charge in [0.1, 0.15) is 0 Å². The molecule has 0 atom stereocenters. The third-order valence-corrected chi connectivity index (χ3v) is 5.42. The van der Waals surface area contributed by atoms with Crippen molar-refractivity contribution in [2.45, 2.75) is 38.4 Å². The van der Waals surface area contributed by atoms with E-state index < -0.39 is 0 Å². The minimum absolute atomic E-state index is 0.0285. The maximum Gasteiger partial charge on any atom is 0.230 e. The van der Waals surface area contributed by atoms with Crippen molar-refractivity contribution in [2.24, 2.45) is 0 Å². The van der Waals surface area contributed by atoms with Crippen LogP contribution >= 0.6 is 11.8 Å². The highest BCUT2D eigenvalue weighted by molar-refractivity contribution is 7.99. The first-order chi connectivity index (χ1) is 13.7. The van der Waals surface area contributed by atoms with Crippen molar-refractivity contribution >= 4 is 17.7 Å². The Kier molecular flexibility index (Phi) is 7.25. The molecule has 0 aliphatic carbocycles. The minimum atomic E-state index is 0.0285. The standard InChI is InChI=1S/C22H26N4OS/c1-3-26-21(19-13-7-9-17(2)15-19)24-25-22(26)28-16-20(27)23-14-8-12-18-10-5-4-6-11-18/h4-7,9-11,13,15H,3,8,12,14,16H2,1-2H3,(H,23,27). The number of aryl methyl sites for hydroxylation is 2. The molecule has 6 heteroatoms. The summed E-state index contributed by atoms with van der Waals surface area (Å²) >= 11 is 1.43. The number of nitrogens with zero attached hydrogens (tertiary/aromatic N) is 3. The summed E-state index contributed by atoms with van der Waals surface area (Å²) in [5.74, 6) is 1.22. The molecule has 3 aromatic rings. The molecule has 2 aromatic carbocycles. The maximum atomic E-state index is 12.2. The third kappa shape index (κ3) is 5.45. The van der Waals surface area contributed by atoms with E-state index in [1.807, 2.05) is 30.3 Å². The van der Waals surface area contributed by atoms with Gasteiger partial charge in [0.2, 0.25) is 5.91 Å². The van der Waals surface area contributed by atoms with Crippen LogP contribution in [0, 0.1) is 6.92 Å². The summed E-state index contributed by atoms with van der Waals surface area (Å²) < 4.78 is 2.06. The second-order valence-electron chi connectivity index (χ2n) is 6.65. The molecule has 3 rings (SSSR count). The maximum absolute atomic E-state index is 12.2. The van der Waals surface area contributed by atoms with Crippen molar-refractivity contribution in [2.75, 3.05) is 12.3 Å². The zero-order valence-corrected chi connectivity index (χ0v) is 17.2. The number of nitrogens with one attached hydrogen (secondary N) is 1. The van der Waals surface area contributed by atoms with Crippen LogP contribution in [0.2, 0.25) is 0 Å². The van der Waals surface area contributed by atoms with Gasteiger partial charge in [0.15, 0.2) is 11.0 Å². The normalized spacial score (nSPS) is 10.8. The van der Waals surface area contributed by atoms with E-state index in [2.05, 4.69) is 58.2 Å². The largest absolute Gasteiger partial charge is 0.355 e. The van der Waals surface area contributed by atoms with Gasteiger partial charge in [-0.2, -0.15) is 0 Å². The molecule has 146 valence electrons. The Bertz CT molecular complexity index is 908. The van der Waals surface area contributed by atoms with Gasteiger partial charge in [0.05, 0.1) is 5.75 Å². The Hall–Kier alpha value is -2.60. The number of benzene rings is 2. The monoisotopic (exact) mass is 394 g/mol. The number of hydrogen-bond acceptors (Lipinski definition) is 4. The number of carbonyl (C=O) groups excluding carboxylic acids is 1. The Balaban J connectivity index is 1.49. The van der Waals surface area contributed by atoms with Crippen molar-refractivity contribution < 1.29 is 4.79 Å². The highest BCUT2D eigenvalue weighted by Gasteiger charge is 2.14. The van der Waals surface area contributed by atoms with Crippen LogP contribution in [0.1, 0.15) is 24.5 Å². The van der Waals surface area contributed by atoms with Crippen LogP contribution in [0.5, 0.6) is 0 Å². The van der Waals surface area contributed by atoms with Gasteiger partial charge >= 0.3 is 0 Å². The van der Waals surface area contributed by atoms with E-state index >= 15 is 0 Å². The number of hydrogen-bond donors (Lipinski definition) is 1. The highest BCUT2D eigenvalue weighted by atomic mass is 32.2. The number of thioether (sulfide) groups is 1. The quantitative estimate of drug-likeness (QED) is 0.438. The zero-order valence-electron chi connectivity index (χ0n) is 16.4. The van der Waals surface area contributed by atoms with Crippen LogP contribution in [0.4, 0.5) is 0 Å². The van der Waals surface area contributed by atoms with Crippen LogP contribution < -0.4 is 5.32 Å². The second-order valence-corrected chi connectivity index (χ2v) is 7.59. The number of aromatic nitrogens is 3. The molecular weight excluding hydrogens is 368 g/mol. The first kappa shape index (κ1) is 20.1. The molecule has 0 saturated heterocycles. The topological polar surface area (TPSA) is 59.8 Å². The van der Waals surface area contributed by atoms with Crippen molar-refractivity contribution in [3.05, 3.63) is 65.7 Å². The molecule has 0 fully saturated rings. The van der Waals surface area contributed by atoms with Crippen molar-refractivity contribution in [3.8, 4) is 11.4 Å². The lowest BCUT2D eigenvalue weighted by atomic mass is 10.1. The zero-order chi connectivity index (χ0) is 19.8. The fourth-order valence-electron chi connectivity index (χ4n) is 3.02. The molecule has 0 spiro atoms. The predicted molar refractivity (Wildman–Crippen MR) is 114 cm³/mol. The van der Waals surface area contributed by atoms with Crippen LogP contribution in [0.25, 0.3) is 11.4 Å². The fourth-order valence-corrected chi connectivity index (χ4v) is 3.86. The van der Waals surface area contributed by atoms with Gasteiger partial charge in [-0.1, -0.05) is 65.9 Å². The van der Waals surface area contributed by atoms with Gasteiger partial charge in [-0.15, -0.1) is 10.2 Å². The predicted octanol–water partition coefficient (Wildman–Crippen LogP) is 4.11.